The molecule has 0 fully saturated rings. The summed E-state index contributed by atoms with van der Waals surface area (Å²) in [5.41, 5.74) is -0.245. The van der Waals surface area contributed by atoms with Gasteiger partial charge in [0, 0.05) is 12.0 Å². The molecule has 0 aliphatic rings. The fourth-order valence-corrected chi connectivity index (χ4v) is 1.48. The third-order valence-corrected chi connectivity index (χ3v) is 2.70. The first-order valence-corrected chi connectivity index (χ1v) is 6.06. The molecule has 1 heterocycles. The van der Waals surface area contributed by atoms with Gasteiger partial charge in [-0.25, -0.2) is 4.98 Å². The van der Waals surface area contributed by atoms with Gasteiger partial charge < -0.3 is 0 Å². The van der Waals surface area contributed by atoms with Crippen molar-refractivity contribution in [1.82, 2.24) is 14.8 Å². The van der Waals surface area contributed by atoms with Crippen LogP contribution in [0, 0.1) is 16.7 Å². The van der Waals surface area contributed by atoms with Crippen molar-refractivity contribution in [2.24, 2.45) is 5.41 Å². The van der Waals surface area contributed by atoms with E-state index < -0.39 is 0 Å². The van der Waals surface area contributed by atoms with Crippen LogP contribution in [0.15, 0.2) is 6.33 Å². The van der Waals surface area contributed by atoms with Crippen LogP contribution in [-0.2, 0) is 12.0 Å². The number of hydrogen-bond donors (Lipinski definition) is 0. The van der Waals surface area contributed by atoms with Gasteiger partial charge in [-0.15, -0.1) is 0 Å². The van der Waals surface area contributed by atoms with Crippen molar-refractivity contribution in [3.8, 4) is 6.07 Å². The molecular weight excluding hydrogens is 212 g/mol. The molecule has 0 unspecified atom stereocenters. The monoisotopic (exact) mass is 234 g/mol. The van der Waals surface area contributed by atoms with Crippen molar-refractivity contribution in [2.45, 2.75) is 59.4 Å². The van der Waals surface area contributed by atoms with Crippen molar-refractivity contribution in [2.75, 3.05) is 0 Å². The molecule has 4 nitrogen and oxygen atoms in total. The molecule has 0 radical (unpaired) electrons. The Morgan fingerprint density at radius 3 is 2.41 bits per heavy atom. The number of nitrogens with zero attached hydrogens (tertiary/aromatic N) is 4. The zero-order chi connectivity index (χ0) is 13.1. The van der Waals surface area contributed by atoms with Gasteiger partial charge in [0.15, 0.2) is 5.82 Å². The Balaban J connectivity index is 2.49. The van der Waals surface area contributed by atoms with Crippen molar-refractivity contribution in [1.29, 1.82) is 5.26 Å². The van der Waals surface area contributed by atoms with Gasteiger partial charge in [0.25, 0.3) is 0 Å². The lowest BCUT2D eigenvalue weighted by Gasteiger charge is -2.14. The van der Waals surface area contributed by atoms with Crippen molar-refractivity contribution in [3.05, 3.63) is 12.2 Å². The fourth-order valence-electron chi connectivity index (χ4n) is 1.48. The average molecular weight is 234 g/mol. The fraction of sp³-hybridized carbons (Fsp3) is 0.769. The van der Waals surface area contributed by atoms with E-state index in [4.69, 9.17) is 5.26 Å². The molecule has 0 saturated carbocycles. The van der Waals surface area contributed by atoms with Crippen LogP contribution in [0.4, 0.5) is 0 Å². The summed E-state index contributed by atoms with van der Waals surface area (Å²) >= 11 is 0. The van der Waals surface area contributed by atoms with Gasteiger partial charge in [-0.1, -0.05) is 20.8 Å². The van der Waals surface area contributed by atoms with Gasteiger partial charge in [0.1, 0.15) is 6.33 Å². The Hall–Kier alpha value is -1.37. The van der Waals surface area contributed by atoms with E-state index in [1.165, 1.54) is 0 Å². The predicted molar refractivity (Wildman–Crippen MR) is 67.4 cm³/mol. The van der Waals surface area contributed by atoms with Gasteiger partial charge in [0.2, 0.25) is 0 Å². The van der Waals surface area contributed by atoms with Gasteiger partial charge in [-0.2, -0.15) is 10.4 Å². The summed E-state index contributed by atoms with van der Waals surface area (Å²) in [6, 6.07) is 2.31. The molecule has 0 aromatic carbocycles. The summed E-state index contributed by atoms with van der Waals surface area (Å²) in [7, 11) is 0. The minimum absolute atomic E-state index is 0.00280. The topological polar surface area (TPSA) is 54.5 Å². The second kappa shape index (κ2) is 4.87. The molecule has 17 heavy (non-hydrogen) atoms. The van der Waals surface area contributed by atoms with Crippen LogP contribution in [0.1, 0.15) is 53.3 Å². The molecule has 0 spiro atoms. The Morgan fingerprint density at radius 2 is 1.94 bits per heavy atom. The maximum atomic E-state index is 8.92. The van der Waals surface area contributed by atoms with Crippen molar-refractivity contribution >= 4 is 0 Å². The summed E-state index contributed by atoms with van der Waals surface area (Å²) < 4.78 is 1.87. The van der Waals surface area contributed by atoms with Crippen LogP contribution < -0.4 is 0 Å². The van der Waals surface area contributed by atoms with E-state index in [1.54, 1.807) is 6.33 Å². The Bertz CT molecular complexity index is 404. The normalized spacial score (nSPS) is 12.5. The summed E-state index contributed by atoms with van der Waals surface area (Å²) in [4.78, 5) is 4.31. The summed E-state index contributed by atoms with van der Waals surface area (Å²) in [6.07, 6.45) is 3.61. The average Bonchev–Trinajstić information content (AvgIpc) is 2.66. The van der Waals surface area contributed by atoms with E-state index in [0.717, 1.165) is 25.2 Å². The van der Waals surface area contributed by atoms with E-state index >= 15 is 0 Å². The highest BCUT2D eigenvalue weighted by Gasteiger charge is 2.19. The van der Waals surface area contributed by atoms with E-state index in [9.17, 15) is 0 Å². The van der Waals surface area contributed by atoms with E-state index in [-0.39, 0.29) is 10.8 Å². The number of hydrogen-bond acceptors (Lipinski definition) is 3. The highest BCUT2D eigenvalue weighted by Crippen LogP contribution is 2.21. The maximum Gasteiger partial charge on any atom is 0.155 e. The second-order valence-electron chi connectivity index (χ2n) is 6.18. The number of nitriles is 1. The molecule has 0 aliphatic heterocycles. The van der Waals surface area contributed by atoms with Crippen LogP contribution in [0.25, 0.3) is 0 Å². The van der Waals surface area contributed by atoms with Crippen LogP contribution in [0.2, 0.25) is 0 Å². The molecule has 1 aromatic heterocycles. The lowest BCUT2D eigenvalue weighted by Crippen LogP contribution is -2.14. The lowest BCUT2D eigenvalue weighted by molar-refractivity contribution is 0.404. The molecule has 0 aliphatic carbocycles. The molecule has 0 bridgehead atoms. The zero-order valence-electron chi connectivity index (χ0n) is 11.5. The van der Waals surface area contributed by atoms with Crippen LogP contribution in [-0.4, -0.2) is 14.8 Å². The van der Waals surface area contributed by atoms with Gasteiger partial charge in [0.05, 0.1) is 11.5 Å². The third-order valence-electron chi connectivity index (χ3n) is 2.70. The highest BCUT2D eigenvalue weighted by molar-refractivity contribution is 4.98. The van der Waals surface area contributed by atoms with E-state index in [0.29, 0.717) is 0 Å². The molecule has 4 heteroatoms. The van der Waals surface area contributed by atoms with Crippen LogP contribution >= 0.6 is 0 Å². The van der Waals surface area contributed by atoms with E-state index in [1.807, 2.05) is 18.5 Å². The lowest BCUT2D eigenvalue weighted by atomic mass is 9.90. The standard InChI is InChI=1S/C13H22N4/c1-12(2,3)11-15-10-17(16-11)8-6-7-13(4,5)9-14/h10H,6-8H2,1-5H3. The van der Waals surface area contributed by atoms with E-state index in [2.05, 4.69) is 36.9 Å². The van der Waals surface area contributed by atoms with Gasteiger partial charge in [-0.05, 0) is 26.7 Å². The molecule has 1 rings (SSSR count). The number of rotatable bonds is 4. The van der Waals surface area contributed by atoms with Crippen LogP contribution in [0.5, 0.6) is 0 Å². The molecule has 0 N–H and O–H groups in total. The molecule has 0 atom stereocenters. The first kappa shape index (κ1) is 13.7. The van der Waals surface area contributed by atoms with Crippen molar-refractivity contribution in [3.63, 3.8) is 0 Å². The molecular formula is C13H22N4. The number of aryl methyl sites for hydroxylation is 1. The maximum absolute atomic E-state index is 8.92. The highest BCUT2D eigenvalue weighted by atomic mass is 15.3. The molecule has 1 aromatic rings. The Labute approximate surface area is 104 Å². The van der Waals surface area contributed by atoms with Crippen LogP contribution in [0.3, 0.4) is 0 Å². The smallest absolute Gasteiger partial charge is 0.155 e. The van der Waals surface area contributed by atoms with Crippen molar-refractivity contribution < 1.29 is 0 Å². The molecule has 94 valence electrons. The summed E-state index contributed by atoms with van der Waals surface area (Å²) in [5, 5.41) is 13.4. The largest absolute Gasteiger partial charge is 0.253 e. The zero-order valence-corrected chi connectivity index (χ0v) is 11.5. The Morgan fingerprint density at radius 1 is 1.29 bits per heavy atom. The first-order chi connectivity index (χ1) is 7.74. The predicted octanol–water partition coefficient (Wildman–Crippen LogP) is 2.91. The van der Waals surface area contributed by atoms with Gasteiger partial charge >= 0.3 is 0 Å². The Kier molecular flexibility index (Phi) is 3.92. The quantitative estimate of drug-likeness (QED) is 0.805. The molecule has 0 saturated heterocycles. The number of aromatic nitrogens is 3. The summed E-state index contributed by atoms with van der Waals surface area (Å²) in [5.74, 6) is 0.872. The molecule has 0 amide bonds. The third kappa shape index (κ3) is 4.18. The minimum Gasteiger partial charge on any atom is -0.253 e. The minimum atomic E-state index is -0.243. The van der Waals surface area contributed by atoms with Gasteiger partial charge in [-0.3, -0.25) is 4.68 Å². The summed E-state index contributed by atoms with van der Waals surface area (Å²) in [6.45, 7) is 11.1. The second-order valence-corrected chi connectivity index (χ2v) is 6.18. The first-order valence-electron chi connectivity index (χ1n) is 6.06. The SMILES string of the molecule is CC(C)(C#N)CCCn1cnc(C(C)(C)C)n1.